The largest absolute Gasteiger partial charge is 0.504 e. The molecule has 2 N–H and O–H groups in total. The first kappa shape index (κ1) is 16.9. The van der Waals surface area contributed by atoms with E-state index < -0.39 is 5.91 Å². The molecule has 0 spiro atoms. The molecule has 24 heavy (non-hydrogen) atoms. The zero-order chi connectivity index (χ0) is 17.5. The number of nitrogens with one attached hydrogen (secondary N) is 1. The average molecular weight is 324 g/mol. The van der Waals surface area contributed by atoms with Gasteiger partial charge in [0.05, 0.1) is 19.9 Å². The predicted octanol–water partition coefficient (Wildman–Crippen LogP) is 2.96. The highest BCUT2D eigenvalue weighted by atomic mass is 16.5. The van der Waals surface area contributed by atoms with Gasteiger partial charge in [0.15, 0.2) is 11.5 Å². The van der Waals surface area contributed by atoms with Crippen molar-refractivity contribution in [1.29, 1.82) is 5.26 Å². The van der Waals surface area contributed by atoms with Gasteiger partial charge in [-0.2, -0.15) is 5.26 Å². The SMILES string of the molecule is COc1ccc(/C=C(/C#N)C(=O)Nc2ccccc2OC)cc1O. The van der Waals surface area contributed by atoms with Gasteiger partial charge in [-0.25, -0.2) is 0 Å². The minimum absolute atomic E-state index is 0.0753. The standard InChI is InChI=1S/C18H16N2O4/c1-23-16-6-4-3-5-14(16)20-18(22)13(11-19)9-12-7-8-17(24-2)15(21)10-12/h3-10,21H,1-2H3,(H,20,22)/b13-9-. The molecule has 6 nitrogen and oxygen atoms in total. The molecule has 0 saturated heterocycles. The van der Waals surface area contributed by atoms with Gasteiger partial charge in [0.2, 0.25) is 0 Å². The Kier molecular flexibility index (Phi) is 5.42. The highest BCUT2D eigenvalue weighted by molar-refractivity contribution is 6.10. The molecule has 0 atom stereocenters. The first-order chi connectivity index (χ1) is 11.6. The second kappa shape index (κ2) is 7.70. The van der Waals surface area contributed by atoms with Crippen LogP contribution in [0.25, 0.3) is 6.08 Å². The minimum Gasteiger partial charge on any atom is -0.504 e. The number of para-hydroxylation sites is 2. The van der Waals surface area contributed by atoms with Gasteiger partial charge in [-0.1, -0.05) is 18.2 Å². The summed E-state index contributed by atoms with van der Waals surface area (Å²) in [6.45, 7) is 0. The Balaban J connectivity index is 2.26. The first-order valence-electron chi connectivity index (χ1n) is 7.02. The second-order valence-electron chi connectivity index (χ2n) is 4.76. The van der Waals surface area contributed by atoms with Crippen molar-refractivity contribution < 1.29 is 19.4 Å². The van der Waals surface area contributed by atoms with E-state index in [1.54, 1.807) is 36.4 Å². The summed E-state index contributed by atoms with van der Waals surface area (Å²) in [7, 11) is 2.93. The molecular formula is C18H16N2O4. The number of rotatable bonds is 5. The number of ether oxygens (including phenoxy) is 2. The van der Waals surface area contributed by atoms with Crippen LogP contribution in [0.1, 0.15) is 5.56 Å². The smallest absolute Gasteiger partial charge is 0.266 e. The van der Waals surface area contributed by atoms with Crippen LogP contribution in [0.3, 0.4) is 0 Å². The molecule has 122 valence electrons. The van der Waals surface area contributed by atoms with E-state index in [0.29, 0.717) is 22.7 Å². The topological polar surface area (TPSA) is 91.6 Å². The fourth-order valence-corrected chi connectivity index (χ4v) is 2.05. The van der Waals surface area contributed by atoms with Crippen molar-refractivity contribution in [2.45, 2.75) is 0 Å². The Labute approximate surface area is 139 Å². The molecule has 2 aromatic rings. The number of benzene rings is 2. The van der Waals surface area contributed by atoms with E-state index in [4.69, 9.17) is 9.47 Å². The lowest BCUT2D eigenvalue weighted by Gasteiger charge is -2.09. The Hall–Kier alpha value is -3.46. The Morgan fingerprint density at radius 1 is 1.17 bits per heavy atom. The molecule has 0 saturated carbocycles. The third-order valence-electron chi connectivity index (χ3n) is 3.23. The van der Waals surface area contributed by atoms with Gasteiger partial charge < -0.3 is 19.9 Å². The average Bonchev–Trinajstić information content (AvgIpc) is 2.60. The first-order valence-corrected chi connectivity index (χ1v) is 7.02. The van der Waals surface area contributed by atoms with E-state index in [9.17, 15) is 15.2 Å². The van der Waals surface area contributed by atoms with Crippen molar-refractivity contribution in [2.75, 3.05) is 19.5 Å². The normalized spacial score (nSPS) is 10.6. The third kappa shape index (κ3) is 3.84. The summed E-state index contributed by atoms with van der Waals surface area (Å²) in [6, 6.07) is 13.3. The molecule has 1 amide bonds. The highest BCUT2D eigenvalue weighted by Gasteiger charge is 2.12. The molecule has 0 radical (unpaired) electrons. The second-order valence-corrected chi connectivity index (χ2v) is 4.76. The lowest BCUT2D eigenvalue weighted by atomic mass is 10.1. The molecule has 0 heterocycles. The van der Waals surface area contributed by atoms with E-state index in [-0.39, 0.29) is 11.3 Å². The van der Waals surface area contributed by atoms with Gasteiger partial charge in [-0.05, 0) is 35.9 Å². The number of carbonyl (C=O) groups is 1. The molecule has 2 rings (SSSR count). The zero-order valence-electron chi connectivity index (χ0n) is 13.2. The maximum Gasteiger partial charge on any atom is 0.266 e. The fourth-order valence-electron chi connectivity index (χ4n) is 2.05. The van der Waals surface area contributed by atoms with E-state index in [0.717, 1.165) is 0 Å². The van der Waals surface area contributed by atoms with E-state index in [1.165, 1.54) is 26.4 Å². The quantitative estimate of drug-likeness (QED) is 0.652. The van der Waals surface area contributed by atoms with Crippen LogP contribution in [-0.2, 0) is 4.79 Å². The molecule has 0 aromatic heterocycles. The third-order valence-corrected chi connectivity index (χ3v) is 3.23. The Morgan fingerprint density at radius 3 is 2.50 bits per heavy atom. The van der Waals surface area contributed by atoms with Crippen LogP contribution in [0.4, 0.5) is 5.69 Å². The summed E-state index contributed by atoms with van der Waals surface area (Å²) in [5.41, 5.74) is 0.856. The zero-order valence-corrected chi connectivity index (χ0v) is 13.2. The Bertz CT molecular complexity index is 822. The summed E-state index contributed by atoms with van der Waals surface area (Å²) in [6.07, 6.45) is 1.38. The van der Waals surface area contributed by atoms with Gasteiger partial charge in [0, 0.05) is 0 Å². The number of amides is 1. The summed E-state index contributed by atoms with van der Waals surface area (Å²) in [5.74, 6) is 0.153. The van der Waals surface area contributed by atoms with Crippen LogP contribution in [-0.4, -0.2) is 25.2 Å². The number of hydrogen-bond donors (Lipinski definition) is 2. The molecule has 0 fully saturated rings. The van der Waals surface area contributed by atoms with Gasteiger partial charge in [0.25, 0.3) is 5.91 Å². The van der Waals surface area contributed by atoms with Crippen molar-refractivity contribution in [3.63, 3.8) is 0 Å². The van der Waals surface area contributed by atoms with Crippen molar-refractivity contribution in [2.24, 2.45) is 0 Å². The van der Waals surface area contributed by atoms with Crippen molar-refractivity contribution in [1.82, 2.24) is 0 Å². The van der Waals surface area contributed by atoms with Crippen LogP contribution >= 0.6 is 0 Å². The molecular weight excluding hydrogens is 308 g/mol. The van der Waals surface area contributed by atoms with Crippen molar-refractivity contribution in [3.05, 3.63) is 53.6 Å². The number of phenolic OH excluding ortho intramolecular Hbond substituents is 1. The molecule has 6 heteroatoms. The van der Waals surface area contributed by atoms with Crippen LogP contribution < -0.4 is 14.8 Å². The van der Waals surface area contributed by atoms with Crippen LogP contribution in [0, 0.1) is 11.3 Å². The number of hydrogen-bond acceptors (Lipinski definition) is 5. The minimum atomic E-state index is -0.572. The number of nitrogens with zero attached hydrogens (tertiary/aromatic N) is 1. The summed E-state index contributed by atoms with van der Waals surface area (Å²) in [4.78, 5) is 12.3. The van der Waals surface area contributed by atoms with Crippen molar-refractivity contribution >= 4 is 17.7 Å². The molecule has 2 aromatic carbocycles. The summed E-state index contributed by atoms with van der Waals surface area (Å²) < 4.78 is 10.1. The number of aromatic hydroxyl groups is 1. The van der Waals surface area contributed by atoms with Gasteiger partial charge in [-0.3, -0.25) is 4.79 Å². The lowest BCUT2D eigenvalue weighted by Crippen LogP contribution is -2.14. The van der Waals surface area contributed by atoms with E-state index in [2.05, 4.69) is 5.32 Å². The van der Waals surface area contributed by atoms with Gasteiger partial charge in [-0.15, -0.1) is 0 Å². The van der Waals surface area contributed by atoms with Crippen LogP contribution in [0.2, 0.25) is 0 Å². The maximum atomic E-state index is 12.3. The van der Waals surface area contributed by atoms with Gasteiger partial charge >= 0.3 is 0 Å². The maximum absolute atomic E-state index is 12.3. The highest BCUT2D eigenvalue weighted by Crippen LogP contribution is 2.27. The summed E-state index contributed by atoms with van der Waals surface area (Å²) in [5, 5.41) is 21.6. The molecule has 0 unspecified atom stereocenters. The molecule has 0 aliphatic rings. The number of phenols is 1. The predicted molar refractivity (Wildman–Crippen MR) is 89.9 cm³/mol. The lowest BCUT2D eigenvalue weighted by molar-refractivity contribution is -0.112. The molecule has 0 aliphatic heterocycles. The number of carbonyl (C=O) groups excluding carboxylic acids is 1. The van der Waals surface area contributed by atoms with Crippen LogP contribution in [0.5, 0.6) is 17.2 Å². The number of methoxy groups -OCH3 is 2. The van der Waals surface area contributed by atoms with Crippen molar-refractivity contribution in [3.8, 4) is 23.3 Å². The Morgan fingerprint density at radius 2 is 1.88 bits per heavy atom. The number of nitriles is 1. The van der Waals surface area contributed by atoms with Crippen LogP contribution in [0.15, 0.2) is 48.0 Å². The molecule has 0 aliphatic carbocycles. The monoisotopic (exact) mass is 324 g/mol. The summed E-state index contributed by atoms with van der Waals surface area (Å²) >= 11 is 0. The van der Waals surface area contributed by atoms with E-state index in [1.807, 2.05) is 6.07 Å². The number of anilines is 1. The van der Waals surface area contributed by atoms with E-state index >= 15 is 0 Å². The fraction of sp³-hybridized carbons (Fsp3) is 0.111. The van der Waals surface area contributed by atoms with Gasteiger partial charge in [0.1, 0.15) is 17.4 Å². The molecule has 0 bridgehead atoms.